The highest BCUT2D eigenvalue weighted by molar-refractivity contribution is 5.76. The molecule has 0 unspecified atom stereocenters. The van der Waals surface area contributed by atoms with Gasteiger partial charge in [0.1, 0.15) is 5.75 Å². The SMILES string of the molecule is CO[C@@H]1CCC[C@]12CCCN(C(=O)CCOc1ccccc1)C2. The van der Waals surface area contributed by atoms with Crippen LogP contribution < -0.4 is 4.74 Å². The third kappa shape index (κ3) is 3.69. The minimum absolute atomic E-state index is 0.197. The lowest BCUT2D eigenvalue weighted by Gasteiger charge is -2.43. The summed E-state index contributed by atoms with van der Waals surface area (Å²) in [6.07, 6.45) is 6.59. The second kappa shape index (κ2) is 7.35. The number of likely N-dealkylation sites (tertiary alicyclic amines) is 1. The van der Waals surface area contributed by atoms with Gasteiger partial charge in [0.05, 0.1) is 19.1 Å². The quantitative estimate of drug-likeness (QED) is 0.836. The fourth-order valence-electron chi connectivity index (χ4n) is 4.25. The van der Waals surface area contributed by atoms with Crippen molar-refractivity contribution in [3.63, 3.8) is 0 Å². The maximum absolute atomic E-state index is 12.5. The number of nitrogens with zero attached hydrogens (tertiary/aromatic N) is 1. The summed E-state index contributed by atoms with van der Waals surface area (Å²) in [6.45, 7) is 2.18. The number of amides is 1. The normalized spacial score (nSPS) is 27.3. The number of hydrogen-bond donors (Lipinski definition) is 0. The molecule has 1 aromatic carbocycles. The zero-order valence-corrected chi connectivity index (χ0v) is 14.0. The lowest BCUT2D eigenvalue weighted by molar-refractivity contribution is -0.137. The van der Waals surface area contributed by atoms with Crippen LogP contribution in [0.2, 0.25) is 0 Å². The zero-order valence-electron chi connectivity index (χ0n) is 14.0. The van der Waals surface area contributed by atoms with E-state index in [2.05, 4.69) is 0 Å². The van der Waals surface area contributed by atoms with Gasteiger partial charge in [-0.15, -0.1) is 0 Å². The topological polar surface area (TPSA) is 38.8 Å². The van der Waals surface area contributed by atoms with Gasteiger partial charge < -0.3 is 14.4 Å². The van der Waals surface area contributed by atoms with E-state index in [1.54, 1.807) is 0 Å². The van der Waals surface area contributed by atoms with Gasteiger partial charge in [0.25, 0.3) is 0 Å². The Hall–Kier alpha value is -1.55. The molecule has 1 aliphatic heterocycles. The molecule has 126 valence electrons. The number of hydrogen-bond acceptors (Lipinski definition) is 3. The van der Waals surface area contributed by atoms with Gasteiger partial charge in [0.2, 0.25) is 5.91 Å². The molecule has 23 heavy (non-hydrogen) atoms. The molecule has 1 saturated heterocycles. The largest absolute Gasteiger partial charge is 0.493 e. The van der Waals surface area contributed by atoms with Crippen LogP contribution in [0.15, 0.2) is 30.3 Å². The minimum atomic E-state index is 0.197. The summed E-state index contributed by atoms with van der Waals surface area (Å²) >= 11 is 0. The van der Waals surface area contributed by atoms with Gasteiger partial charge in [-0.1, -0.05) is 24.6 Å². The third-order valence-electron chi connectivity index (χ3n) is 5.40. The zero-order chi connectivity index (χ0) is 16.1. The lowest BCUT2D eigenvalue weighted by atomic mass is 9.76. The molecule has 2 atom stereocenters. The highest BCUT2D eigenvalue weighted by Crippen LogP contribution is 2.46. The fraction of sp³-hybridized carbons (Fsp3) is 0.632. The molecular formula is C19H27NO3. The van der Waals surface area contributed by atoms with Gasteiger partial charge in [0, 0.05) is 25.6 Å². The van der Waals surface area contributed by atoms with Gasteiger partial charge in [-0.2, -0.15) is 0 Å². The second-order valence-electron chi connectivity index (χ2n) is 6.81. The number of benzene rings is 1. The molecular weight excluding hydrogens is 290 g/mol. The van der Waals surface area contributed by atoms with Crippen LogP contribution >= 0.6 is 0 Å². The summed E-state index contributed by atoms with van der Waals surface area (Å²) in [5.41, 5.74) is 0.197. The Morgan fingerprint density at radius 1 is 1.26 bits per heavy atom. The van der Waals surface area contributed by atoms with Crippen molar-refractivity contribution in [3.8, 4) is 5.75 Å². The van der Waals surface area contributed by atoms with Crippen LogP contribution in [-0.4, -0.2) is 43.7 Å². The van der Waals surface area contributed by atoms with Crippen LogP contribution in [0.4, 0.5) is 0 Å². The van der Waals surface area contributed by atoms with E-state index in [1.807, 2.05) is 42.3 Å². The first kappa shape index (κ1) is 16.3. The molecule has 0 bridgehead atoms. The van der Waals surface area contributed by atoms with Gasteiger partial charge in [-0.05, 0) is 37.8 Å². The predicted octanol–water partition coefficient (Wildman–Crippen LogP) is 3.26. The molecule has 1 spiro atoms. The van der Waals surface area contributed by atoms with Crippen molar-refractivity contribution in [3.05, 3.63) is 30.3 Å². The number of para-hydroxylation sites is 1. The minimum Gasteiger partial charge on any atom is -0.493 e. The van der Waals surface area contributed by atoms with E-state index < -0.39 is 0 Å². The average molecular weight is 317 g/mol. The standard InChI is InChI=1S/C19H27NO3/c1-22-17-9-5-11-19(17)12-6-13-20(15-19)18(21)10-14-23-16-7-3-2-4-8-16/h2-4,7-8,17H,5-6,9-15H2,1H3/t17-,19-/m1/s1. The Kier molecular flexibility index (Phi) is 5.21. The number of methoxy groups -OCH3 is 1. The molecule has 3 rings (SSSR count). The molecule has 4 heteroatoms. The smallest absolute Gasteiger partial charge is 0.226 e. The molecule has 1 heterocycles. The fourth-order valence-corrected chi connectivity index (χ4v) is 4.25. The Bertz CT molecular complexity index is 519. The highest BCUT2D eigenvalue weighted by atomic mass is 16.5. The van der Waals surface area contributed by atoms with Crippen molar-refractivity contribution < 1.29 is 14.3 Å². The number of rotatable bonds is 5. The lowest BCUT2D eigenvalue weighted by Crippen LogP contribution is -2.50. The summed E-state index contributed by atoms with van der Waals surface area (Å²) in [5.74, 6) is 1.03. The Morgan fingerprint density at radius 2 is 2.04 bits per heavy atom. The predicted molar refractivity (Wildman–Crippen MR) is 89.4 cm³/mol. The molecule has 1 saturated carbocycles. The van der Waals surface area contributed by atoms with Crippen LogP contribution in [0.25, 0.3) is 0 Å². The van der Waals surface area contributed by atoms with Gasteiger partial charge in [-0.25, -0.2) is 0 Å². The van der Waals surface area contributed by atoms with Crippen LogP contribution in [0.5, 0.6) is 5.75 Å². The number of carbonyl (C=O) groups excluding carboxylic acids is 1. The average Bonchev–Trinajstić information content (AvgIpc) is 2.97. The van der Waals surface area contributed by atoms with Crippen molar-refractivity contribution in [1.82, 2.24) is 4.90 Å². The summed E-state index contributed by atoms with van der Waals surface area (Å²) in [4.78, 5) is 14.6. The Labute approximate surface area is 138 Å². The van der Waals surface area contributed by atoms with E-state index in [-0.39, 0.29) is 11.3 Å². The van der Waals surface area contributed by atoms with E-state index in [0.29, 0.717) is 19.1 Å². The van der Waals surface area contributed by atoms with Gasteiger partial charge in [0.15, 0.2) is 0 Å². The van der Waals surface area contributed by atoms with Gasteiger partial charge >= 0.3 is 0 Å². The first-order valence-corrected chi connectivity index (χ1v) is 8.72. The van der Waals surface area contributed by atoms with Crippen LogP contribution in [0.3, 0.4) is 0 Å². The van der Waals surface area contributed by atoms with Crippen molar-refractivity contribution in [2.45, 2.75) is 44.6 Å². The van der Waals surface area contributed by atoms with Crippen LogP contribution in [0, 0.1) is 5.41 Å². The second-order valence-corrected chi connectivity index (χ2v) is 6.81. The Morgan fingerprint density at radius 3 is 2.83 bits per heavy atom. The highest BCUT2D eigenvalue weighted by Gasteiger charge is 2.46. The molecule has 4 nitrogen and oxygen atoms in total. The van der Waals surface area contributed by atoms with E-state index >= 15 is 0 Å². The summed E-state index contributed by atoms with van der Waals surface area (Å²) in [6, 6.07) is 9.68. The van der Waals surface area contributed by atoms with Gasteiger partial charge in [-0.3, -0.25) is 4.79 Å². The van der Waals surface area contributed by atoms with E-state index in [9.17, 15) is 4.79 Å². The van der Waals surface area contributed by atoms with E-state index in [1.165, 1.54) is 19.3 Å². The molecule has 2 fully saturated rings. The van der Waals surface area contributed by atoms with Crippen molar-refractivity contribution >= 4 is 5.91 Å². The first-order chi connectivity index (χ1) is 11.2. The molecule has 2 aliphatic rings. The monoisotopic (exact) mass is 317 g/mol. The van der Waals surface area contributed by atoms with Crippen molar-refractivity contribution in [2.24, 2.45) is 5.41 Å². The van der Waals surface area contributed by atoms with Crippen LogP contribution in [-0.2, 0) is 9.53 Å². The number of carbonyl (C=O) groups is 1. The van der Waals surface area contributed by atoms with Crippen LogP contribution in [0.1, 0.15) is 38.5 Å². The summed E-state index contributed by atoms with van der Waals surface area (Å²) in [7, 11) is 1.81. The number of piperidine rings is 1. The maximum Gasteiger partial charge on any atom is 0.226 e. The van der Waals surface area contributed by atoms with E-state index in [0.717, 1.165) is 31.7 Å². The Balaban J connectivity index is 1.51. The molecule has 1 aliphatic carbocycles. The maximum atomic E-state index is 12.5. The molecule has 0 N–H and O–H groups in total. The van der Waals surface area contributed by atoms with Crippen molar-refractivity contribution in [1.29, 1.82) is 0 Å². The molecule has 1 aromatic rings. The molecule has 0 radical (unpaired) electrons. The van der Waals surface area contributed by atoms with Crippen molar-refractivity contribution in [2.75, 3.05) is 26.8 Å². The molecule has 1 amide bonds. The summed E-state index contributed by atoms with van der Waals surface area (Å²) in [5, 5.41) is 0. The third-order valence-corrected chi connectivity index (χ3v) is 5.40. The molecule has 0 aromatic heterocycles. The number of ether oxygens (including phenoxy) is 2. The van der Waals surface area contributed by atoms with E-state index in [4.69, 9.17) is 9.47 Å². The first-order valence-electron chi connectivity index (χ1n) is 8.72. The summed E-state index contributed by atoms with van der Waals surface area (Å²) < 4.78 is 11.4.